The first kappa shape index (κ1) is 35.9. The fraction of sp³-hybridized carbons (Fsp3) is 0.244. The van der Waals surface area contributed by atoms with Gasteiger partial charge in [-0.3, -0.25) is 9.59 Å². The molecule has 3 atom stereocenters. The van der Waals surface area contributed by atoms with Crippen molar-refractivity contribution in [1.82, 2.24) is 45.4 Å². The highest BCUT2D eigenvalue weighted by Crippen LogP contribution is 2.32. The van der Waals surface area contributed by atoms with Crippen LogP contribution >= 0.6 is 0 Å². The summed E-state index contributed by atoms with van der Waals surface area (Å²) in [5.74, 6) is 1.91. The van der Waals surface area contributed by atoms with Crippen LogP contribution in [0.5, 0.6) is 0 Å². The van der Waals surface area contributed by atoms with Gasteiger partial charge in [0.1, 0.15) is 17.7 Å². The lowest BCUT2D eigenvalue weighted by atomic mass is 10.0. The first-order chi connectivity index (χ1) is 26.4. The van der Waals surface area contributed by atoms with Crippen molar-refractivity contribution < 1.29 is 19.1 Å². The summed E-state index contributed by atoms with van der Waals surface area (Å²) in [5.41, 5.74) is 5.88. The minimum atomic E-state index is -0.848. The number of nitrogens with one attached hydrogen (secondary N) is 4. The zero-order valence-electron chi connectivity index (χ0n) is 30.0. The van der Waals surface area contributed by atoms with Crippen molar-refractivity contribution in [2.45, 2.75) is 44.3 Å². The topological polar surface area (TPSA) is 171 Å². The van der Waals surface area contributed by atoms with Gasteiger partial charge in [-0.15, -0.1) is 0 Å². The molecule has 1 aliphatic heterocycles. The number of hydrogen-bond donors (Lipinski definition) is 4. The summed E-state index contributed by atoms with van der Waals surface area (Å²) < 4.78 is 4.72. The lowest BCUT2D eigenvalue weighted by Crippen LogP contribution is -2.38. The Morgan fingerprint density at radius 1 is 0.815 bits per heavy atom. The average molecular weight is 724 g/mol. The van der Waals surface area contributed by atoms with E-state index in [1.54, 1.807) is 36.9 Å². The number of aromatic nitrogens is 6. The molecule has 0 unspecified atom stereocenters. The summed E-state index contributed by atoms with van der Waals surface area (Å²) in [6, 6.07) is 25.5. The van der Waals surface area contributed by atoms with Crippen molar-refractivity contribution in [3.63, 3.8) is 0 Å². The molecule has 4 N–H and O–H groups in total. The number of nitrogens with zero attached hydrogens (tertiary/aromatic N) is 5. The van der Waals surface area contributed by atoms with E-state index in [1.807, 2.05) is 84.6 Å². The monoisotopic (exact) mass is 723 g/mol. The molecule has 2 amide bonds. The Balaban J connectivity index is 0.951. The van der Waals surface area contributed by atoms with E-state index in [1.165, 1.54) is 7.11 Å². The molecule has 4 heterocycles. The second kappa shape index (κ2) is 16.5. The molecule has 0 spiro atoms. The largest absolute Gasteiger partial charge is 0.453 e. The highest BCUT2D eigenvalue weighted by molar-refractivity contribution is 5.90. The van der Waals surface area contributed by atoms with Gasteiger partial charge in [0, 0.05) is 30.1 Å². The van der Waals surface area contributed by atoms with Crippen LogP contribution in [0.25, 0.3) is 33.9 Å². The zero-order chi connectivity index (χ0) is 37.4. The van der Waals surface area contributed by atoms with Crippen LogP contribution in [-0.4, -0.2) is 72.8 Å². The van der Waals surface area contributed by atoms with Gasteiger partial charge in [-0.1, -0.05) is 84.9 Å². The van der Waals surface area contributed by atoms with Gasteiger partial charge in [-0.05, 0) is 36.5 Å². The Morgan fingerprint density at radius 3 is 2.20 bits per heavy atom. The van der Waals surface area contributed by atoms with Crippen LogP contribution in [0.1, 0.15) is 60.7 Å². The van der Waals surface area contributed by atoms with Crippen molar-refractivity contribution in [3.8, 4) is 33.9 Å². The molecule has 1 fully saturated rings. The van der Waals surface area contributed by atoms with E-state index in [4.69, 9.17) is 4.74 Å². The molecule has 54 heavy (non-hydrogen) atoms. The molecule has 3 aromatic carbocycles. The smallest absolute Gasteiger partial charge is 0.407 e. The molecule has 13 nitrogen and oxygen atoms in total. The van der Waals surface area contributed by atoms with Gasteiger partial charge in [0.2, 0.25) is 5.91 Å². The summed E-state index contributed by atoms with van der Waals surface area (Å²) in [4.78, 5) is 65.3. The summed E-state index contributed by atoms with van der Waals surface area (Å²) >= 11 is 0. The fourth-order valence-corrected chi connectivity index (χ4v) is 6.62. The number of imidazole rings is 2. The number of ether oxygens (including phenoxy) is 1. The van der Waals surface area contributed by atoms with E-state index < -0.39 is 12.1 Å². The Morgan fingerprint density at radius 2 is 1.48 bits per heavy atom. The van der Waals surface area contributed by atoms with Gasteiger partial charge in [0.15, 0.2) is 11.6 Å². The first-order valence-corrected chi connectivity index (χ1v) is 17.9. The van der Waals surface area contributed by atoms with Gasteiger partial charge in [-0.25, -0.2) is 24.7 Å². The molecule has 274 valence electrons. The average Bonchev–Trinajstić information content (AvgIpc) is 4.02. The fourth-order valence-electron chi connectivity index (χ4n) is 6.62. The standard InChI is InChI=1S/C41H41N9O4/c1-26(42-25-35(51)37(49-41(53)54-2)29-12-7-4-8-13-29)38-45-23-32(47-38)28-15-17-30(18-16-28)39-43-21-31(22-44-39)33-24-46-40(48-33)34-14-9-19-50(34)36(52)20-27-10-5-3-6-11-27/h3-8,10-13,15-18,21-24,26,34,37,42H,9,14,19-20,25H2,1-2H3,(H,45,47)(H,46,48)(H,49,53)/t26-,34-,37+/m0/s1. The molecule has 0 radical (unpaired) electrons. The number of alkyl carbamates (subject to hydrolysis) is 1. The summed E-state index contributed by atoms with van der Waals surface area (Å²) in [6.45, 7) is 2.63. The van der Waals surface area contributed by atoms with E-state index in [-0.39, 0.29) is 30.3 Å². The molecule has 13 heteroatoms. The SMILES string of the molecule is COC(=O)N[C@@H](C(=O)CN[C@@H](C)c1ncc(-c2ccc(-c3ncc(-c4cnc([C@@H]5CCCN5C(=O)Cc5ccccc5)[nH]4)cn3)cc2)[nH]1)c1ccccc1. The minimum absolute atomic E-state index is 0.00506. The number of hydrogen-bond acceptors (Lipinski definition) is 9. The van der Waals surface area contributed by atoms with Crippen LogP contribution < -0.4 is 10.6 Å². The van der Waals surface area contributed by atoms with Crippen LogP contribution in [0, 0.1) is 0 Å². The molecule has 7 rings (SSSR count). The normalized spacial score (nSPS) is 15.1. The molecular weight excluding hydrogens is 683 g/mol. The van der Waals surface area contributed by atoms with Crippen molar-refractivity contribution in [2.75, 3.05) is 20.2 Å². The highest BCUT2D eigenvalue weighted by atomic mass is 16.5. The Bertz CT molecular complexity index is 2190. The van der Waals surface area contributed by atoms with Crippen molar-refractivity contribution in [3.05, 3.63) is 132 Å². The van der Waals surface area contributed by atoms with Crippen LogP contribution in [0.3, 0.4) is 0 Å². The van der Waals surface area contributed by atoms with E-state index in [2.05, 4.69) is 40.5 Å². The number of likely N-dealkylation sites (tertiary alicyclic amines) is 1. The maximum Gasteiger partial charge on any atom is 0.407 e. The number of benzene rings is 3. The Kier molecular flexibility index (Phi) is 11.0. The van der Waals surface area contributed by atoms with E-state index in [0.29, 0.717) is 23.6 Å². The molecule has 0 aliphatic carbocycles. The Labute approximate surface area is 312 Å². The summed E-state index contributed by atoms with van der Waals surface area (Å²) in [7, 11) is 1.26. The van der Waals surface area contributed by atoms with Gasteiger partial charge >= 0.3 is 6.09 Å². The van der Waals surface area contributed by atoms with Gasteiger partial charge in [0.05, 0.1) is 55.9 Å². The highest BCUT2D eigenvalue weighted by Gasteiger charge is 2.32. The number of Topliss-reactive ketones (excluding diaryl/α,β-unsaturated/α-hetero) is 1. The number of carbonyl (C=O) groups excluding carboxylic acids is 3. The maximum atomic E-state index is 13.1. The predicted octanol–water partition coefficient (Wildman–Crippen LogP) is 6.15. The zero-order valence-corrected chi connectivity index (χ0v) is 30.0. The van der Waals surface area contributed by atoms with E-state index >= 15 is 0 Å². The summed E-state index contributed by atoms with van der Waals surface area (Å²) in [5, 5.41) is 5.83. The number of methoxy groups -OCH3 is 1. The molecule has 1 aliphatic rings. The molecule has 3 aromatic heterocycles. The third-order valence-corrected chi connectivity index (χ3v) is 9.59. The molecule has 0 bridgehead atoms. The molecular formula is C41H41N9O4. The number of ketones is 1. The second-order valence-electron chi connectivity index (χ2n) is 13.2. The number of H-pyrrole nitrogens is 2. The lowest BCUT2D eigenvalue weighted by Gasteiger charge is -2.23. The number of aromatic amines is 2. The minimum Gasteiger partial charge on any atom is -0.453 e. The predicted molar refractivity (Wildman–Crippen MR) is 203 cm³/mol. The Hall–Kier alpha value is -6.47. The van der Waals surface area contributed by atoms with Crippen molar-refractivity contribution >= 4 is 17.8 Å². The third kappa shape index (κ3) is 8.26. The summed E-state index contributed by atoms with van der Waals surface area (Å²) in [6.07, 6.45) is 8.57. The number of carbonyl (C=O) groups is 3. The quantitative estimate of drug-likeness (QED) is 0.109. The van der Waals surface area contributed by atoms with Crippen molar-refractivity contribution in [2.24, 2.45) is 0 Å². The number of rotatable bonds is 13. The van der Waals surface area contributed by atoms with Crippen LogP contribution in [0.15, 0.2) is 110 Å². The molecule has 6 aromatic rings. The number of amides is 2. The van der Waals surface area contributed by atoms with Crippen LogP contribution in [-0.2, 0) is 20.7 Å². The van der Waals surface area contributed by atoms with Gasteiger partial charge < -0.3 is 30.2 Å². The van der Waals surface area contributed by atoms with Crippen LogP contribution in [0.4, 0.5) is 4.79 Å². The molecule has 1 saturated heterocycles. The maximum absolute atomic E-state index is 13.1. The van der Waals surface area contributed by atoms with Gasteiger partial charge in [-0.2, -0.15) is 0 Å². The molecule has 0 saturated carbocycles. The third-order valence-electron chi connectivity index (χ3n) is 9.59. The van der Waals surface area contributed by atoms with E-state index in [0.717, 1.165) is 58.9 Å². The van der Waals surface area contributed by atoms with Gasteiger partial charge in [0.25, 0.3) is 0 Å². The second-order valence-corrected chi connectivity index (χ2v) is 13.2. The van der Waals surface area contributed by atoms with Crippen molar-refractivity contribution in [1.29, 1.82) is 0 Å². The van der Waals surface area contributed by atoms with E-state index in [9.17, 15) is 14.4 Å². The lowest BCUT2D eigenvalue weighted by molar-refractivity contribution is -0.131. The van der Waals surface area contributed by atoms with Crippen LogP contribution in [0.2, 0.25) is 0 Å². The first-order valence-electron chi connectivity index (χ1n) is 17.9.